The van der Waals surface area contributed by atoms with E-state index in [9.17, 15) is 8.78 Å². The highest BCUT2D eigenvalue weighted by molar-refractivity contribution is 7.80. The molecule has 0 bridgehead atoms. The van der Waals surface area contributed by atoms with Gasteiger partial charge in [-0.2, -0.15) is 0 Å². The molecule has 1 rings (SSSR count). The van der Waals surface area contributed by atoms with Gasteiger partial charge in [0, 0.05) is 12.4 Å². The maximum Gasteiger partial charge on any atom is 0.272 e. The third-order valence-electron chi connectivity index (χ3n) is 1.24. The van der Waals surface area contributed by atoms with Crippen LogP contribution in [0.5, 0.6) is 5.88 Å². The first kappa shape index (κ1) is 10.7. The monoisotopic (exact) mass is 219 g/mol. The molecule has 0 unspecified atom stereocenters. The molecular formula is C7H7F2N3OS. The predicted molar refractivity (Wildman–Crippen MR) is 49.4 cm³/mol. The van der Waals surface area contributed by atoms with Crippen molar-refractivity contribution in [2.75, 3.05) is 6.61 Å². The van der Waals surface area contributed by atoms with Crippen LogP contribution < -0.4 is 10.5 Å². The molecular weight excluding hydrogens is 212 g/mol. The standard InChI is InChI=1S/C7H7F2N3OS/c8-4(9)3-13-7-5(6(10)14)11-1-2-12-7/h1-2,4H,3H2,(H2,10,14). The lowest BCUT2D eigenvalue weighted by molar-refractivity contribution is 0.0793. The Morgan fingerprint density at radius 1 is 1.50 bits per heavy atom. The van der Waals surface area contributed by atoms with E-state index >= 15 is 0 Å². The lowest BCUT2D eigenvalue weighted by Crippen LogP contribution is -2.16. The average molecular weight is 219 g/mol. The van der Waals surface area contributed by atoms with Gasteiger partial charge >= 0.3 is 0 Å². The molecule has 76 valence electrons. The molecule has 0 aliphatic heterocycles. The Morgan fingerprint density at radius 2 is 2.14 bits per heavy atom. The molecule has 0 aromatic carbocycles. The maximum atomic E-state index is 11.8. The third kappa shape index (κ3) is 2.84. The Labute approximate surface area is 84.1 Å². The van der Waals surface area contributed by atoms with Crippen LogP contribution in [0.2, 0.25) is 0 Å². The van der Waals surface area contributed by atoms with Crippen molar-refractivity contribution in [3.8, 4) is 5.88 Å². The van der Waals surface area contributed by atoms with E-state index in [0.717, 1.165) is 0 Å². The second kappa shape index (κ2) is 4.75. The average Bonchev–Trinajstić information content (AvgIpc) is 2.15. The van der Waals surface area contributed by atoms with Gasteiger partial charge in [0.25, 0.3) is 6.43 Å². The molecule has 0 saturated heterocycles. The minimum Gasteiger partial charge on any atom is -0.470 e. The molecule has 14 heavy (non-hydrogen) atoms. The Bertz CT molecular complexity index is 334. The lowest BCUT2D eigenvalue weighted by Gasteiger charge is -2.06. The summed E-state index contributed by atoms with van der Waals surface area (Å²) >= 11 is 4.64. The fourth-order valence-corrected chi connectivity index (χ4v) is 0.882. The van der Waals surface area contributed by atoms with E-state index in [2.05, 4.69) is 26.9 Å². The van der Waals surface area contributed by atoms with Crippen LogP contribution in [-0.2, 0) is 0 Å². The van der Waals surface area contributed by atoms with E-state index < -0.39 is 13.0 Å². The Hall–Kier alpha value is -1.37. The van der Waals surface area contributed by atoms with E-state index in [0.29, 0.717) is 0 Å². The van der Waals surface area contributed by atoms with Crippen molar-refractivity contribution < 1.29 is 13.5 Å². The van der Waals surface area contributed by atoms with Gasteiger partial charge in [0.05, 0.1) is 0 Å². The van der Waals surface area contributed by atoms with Crippen LogP contribution in [0.25, 0.3) is 0 Å². The van der Waals surface area contributed by atoms with E-state index in [4.69, 9.17) is 5.73 Å². The molecule has 0 fully saturated rings. The molecule has 1 aromatic heterocycles. The van der Waals surface area contributed by atoms with Crippen LogP contribution in [0.3, 0.4) is 0 Å². The first-order valence-corrected chi connectivity index (χ1v) is 4.04. The Morgan fingerprint density at radius 3 is 2.71 bits per heavy atom. The predicted octanol–water partition coefficient (Wildman–Crippen LogP) is 0.755. The molecule has 0 atom stereocenters. The van der Waals surface area contributed by atoms with Gasteiger partial charge in [-0.05, 0) is 0 Å². The number of thiocarbonyl (C=S) groups is 1. The number of ether oxygens (including phenoxy) is 1. The number of alkyl halides is 2. The first-order valence-electron chi connectivity index (χ1n) is 3.63. The van der Waals surface area contributed by atoms with E-state index in [1.54, 1.807) is 0 Å². The van der Waals surface area contributed by atoms with Crippen molar-refractivity contribution in [2.24, 2.45) is 5.73 Å². The number of nitrogens with two attached hydrogens (primary N) is 1. The summed E-state index contributed by atoms with van der Waals surface area (Å²) in [5.41, 5.74) is 5.40. The zero-order valence-corrected chi connectivity index (χ0v) is 7.80. The van der Waals surface area contributed by atoms with Crippen LogP contribution in [0.1, 0.15) is 5.69 Å². The zero-order valence-electron chi connectivity index (χ0n) is 6.98. The molecule has 4 nitrogen and oxygen atoms in total. The van der Waals surface area contributed by atoms with Crippen molar-refractivity contribution in [3.05, 3.63) is 18.1 Å². The summed E-state index contributed by atoms with van der Waals surface area (Å²) in [7, 11) is 0. The van der Waals surface area contributed by atoms with Crippen LogP contribution >= 0.6 is 12.2 Å². The summed E-state index contributed by atoms with van der Waals surface area (Å²) in [6, 6.07) is 0. The van der Waals surface area contributed by atoms with Gasteiger partial charge in [0.1, 0.15) is 4.99 Å². The number of aromatic nitrogens is 2. The van der Waals surface area contributed by atoms with Gasteiger partial charge in [-0.25, -0.2) is 18.7 Å². The van der Waals surface area contributed by atoms with Gasteiger partial charge in [-0.15, -0.1) is 0 Å². The Balaban J connectivity index is 2.79. The highest BCUT2D eigenvalue weighted by Crippen LogP contribution is 2.11. The van der Waals surface area contributed by atoms with Gasteiger partial charge in [-0.3, -0.25) is 0 Å². The van der Waals surface area contributed by atoms with Crippen molar-refractivity contribution in [1.82, 2.24) is 9.97 Å². The molecule has 0 aliphatic carbocycles. The van der Waals surface area contributed by atoms with Crippen molar-refractivity contribution in [2.45, 2.75) is 6.43 Å². The van der Waals surface area contributed by atoms with Crippen LogP contribution in [0, 0.1) is 0 Å². The van der Waals surface area contributed by atoms with E-state index in [1.807, 2.05) is 0 Å². The SMILES string of the molecule is NC(=S)c1nccnc1OCC(F)F. The smallest absolute Gasteiger partial charge is 0.272 e. The van der Waals surface area contributed by atoms with Crippen molar-refractivity contribution in [1.29, 1.82) is 0 Å². The largest absolute Gasteiger partial charge is 0.470 e. The highest BCUT2D eigenvalue weighted by atomic mass is 32.1. The summed E-state index contributed by atoms with van der Waals surface area (Å²) in [6.07, 6.45) is 0.0861. The minimum absolute atomic E-state index is 0.0395. The quantitative estimate of drug-likeness (QED) is 0.757. The highest BCUT2D eigenvalue weighted by Gasteiger charge is 2.11. The normalized spacial score (nSPS) is 10.2. The molecule has 0 aliphatic rings. The molecule has 0 spiro atoms. The second-order valence-corrected chi connectivity index (χ2v) is 2.72. The number of nitrogens with zero attached hydrogens (tertiary/aromatic N) is 2. The molecule has 0 radical (unpaired) electrons. The third-order valence-corrected chi connectivity index (χ3v) is 1.44. The molecule has 1 heterocycles. The summed E-state index contributed by atoms with van der Waals surface area (Å²) < 4.78 is 28.3. The topological polar surface area (TPSA) is 61.0 Å². The van der Waals surface area contributed by atoms with Gasteiger partial charge in [-0.1, -0.05) is 12.2 Å². The minimum atomic E-state index is -2.57. The number of hydrogen-bond donors (Lipinski definition) is 1. The molecule has 0 amide bonds. The fourth-order valence-electron chi connectivity index (χ4n) is 0.742. The van der Waals surface area contributed by atoms with E-state index in [1.165, 1.54) is 12.4 Å². The van der Waals surface area contributed by atoms with Crippen LogP contribution in [-0.4, -0.2) is 28.0 Å². The van der Waals surface area contributed by atoms with Gasteiger partial charge in [0.2, 0.25) is 5.88 Å². The number of hydrogen-bond acceptors (Lipinski definition) is 4. The summed E-state index contributed by atoms with van der Waals surface area (Å²) in [5, 5.41) is 0. The van der Waals surface area contributed by atoms with Gasteiger partial charge in [0.15, 0.2) is 12.3 Å². The zero-order chi connectivity index (χ0) is 10.6. The van der Waals surface area contributed by atoms with Crippen molar-refractivity contribution >= 4 is 17.2 Å². The fraction of sp³-hybridized carbons (Fsp3) is 0.286. The molecule has 0 saturated carbocycles. The van der Waals surface area contributed by atoms with E-state index in [-0.39, 0.29) is 16.6 Å². The molecule has 2 N–H and O–H groups in total. The number of rotatable bonds is 4. The van der Waals surface area contributed by atoms with Crippen LogP contribution in [0.15, 0.2) is 12.4 Å². The number of halogens is 2. The Kier molecular flexibility index (Phi) is 3.63. The van der Waals surface area contributed by atoms with Crippen LogP contribution in [0.4, 0.5) is 8.78 Å². The lowest BCUT2D eigenvalue weighted by atomic mass is 10.4. The summed E-state index contributed by atoms with van der Waals surface area (Å²) in [4.78, 5) is 7.40. The summed E-state index contributed by atoms with van der Waals surface area (Å²) in [6.45, 7) is -0.756. The molecule has 7 heteroatoms. The second-order valence-electron chi connectivity index (χ2n) is 2.28. The summed E-state index contributed by atoms with van der Waals surface area (Å²) in [5.74, 6) is -0.0692. The first-order chi connectivity index (χ1) is 6.61. The van der Waals surface area contributed by atoms with Crippen molar-refractivity contribution in [3.63, 3.8) is 0 Å². The van der Waals surface area contributed by atoms with Gasteiger partial charge < -0.3 is 10.5 Å². The molecule has 1 aromatic rings. The maximum absolute atomic E-state index is 11.8.